The summed E-state index contributed by atoms with van der Waals surface area (Å²) < 4.78 is 17.2. The first-order valence-electron chi connectivity index (χ1n) is 3.55. The lowest BCUT2D eigenvalue weighted by atomic mass is 10.2. The number of halogens is 1. The summed E-state index contributed by atoms with van der Waals surface area (Å²) in [6.07, 6.45) is 3.35. The van der Waals surface area contributed by atoms with Crippen LogP contribution in [0.1, 0.15) is 19.3 Å². The molecule has 0 amide bonds. The van der Waals surface area contributed by atoms with Gasteiger partial charge in [0.05, 0.1) is 6.61 Å². The van der Waals surface area contributed by atoms with Gasteiger partial charge in [0.1, 0.15) is 6.17 Å². The predicted octanol–water partition coefficient (Wildman–Crippen LogP) is 2.33. The summed E-state index contributed by atoms with van der Waals surface area (Å²) in [6, 6.07) is 0. The van der Waals surface area contributed by atoms with Crippen molar-refractivity contribution in [3.05, 3.63) is 12.7 Å². The van der Waals surface area contributed by atoms with Gasteiger partial charge < -0.3 is 4.74 Å². The van der Waals surface area contributed by atoms with Crippen LogP contribution in [0.2, 0.25) is 0 Å². The largest absolute Gasteiger partial charge is 0.382 e. The molecule has 0 aliphatic heterocycles. The molecule has 0 spiro atoms. The van der Waals surface area contributed by atoms with Crippen molar-refractivity contribution in [1.29, 1.82) is 0 Å². The van der Waals surface area contributed by atoms with E-state index in [-0.39, 0.29) is 6.61 Å². The minimum Gasteiger partial charge on any atom is -0.382 e. The van der Waals surface area contributed by atoms with Gasteiger partial charge in [-0.2, -0.15) is 0 Å². The summed E-state index contributed by atoms with van der Waals surface area (Å²) in [5.74, 6) is 0. The van der Waals surface area contributed by atoms with Gasteiger partial charge in [-0.25, -0.2) is 4.39 Å². The van der Waals surface area contributed by atoms with Crippen molar-refractivity contribution in [2.45, 2.75) is 25.4 Å². The monoisotopic (exact) mass is 146 g/mol. The van der Waals surface area contributed by atoms with Crippen molar-refractivity contribution in [2.24, 2.45) is 0 Å². The topological polar surface area (TPSA) is 9.23 Å². The minimum atomic E-state index is -0.801. The number of alkyl halides is 1. The quantitative estimate of drug-likeness (QED) is 0.413. The van der Waals surface area contributed by atoms with Gasteiger partial charge in [0.15, 0.2) is 0 Å². The van der Waals surface area contributed by atoms with Crippen molar-refractivity contribution in [2.75, 3.05) is 13.7 Å². The van der Waals surface area contributed by atoms with Gasteiger partial charge in [-0.05, 0) is 19.3 Å². The van der Waals surface area contributed by atoms with Crippen molar-refractivity contribution < 1.29 is 9.13 Å². The third kappa shape index (κ3) is 5.76. The van der Waals surface area contributed by atoms with Gasteiger partial charge in [0.2, 0.25) is 0 Å². The molecular formula is C8H15FO. The number of rotatable bonds is 6. The van der Waals surface area contributed by atoms with E-state index in [1.54, 1.807) is 6.08 Å². The standard InChI is InChI=1S/C8H15FO/c1-3-4-5-6-8(9)7-10-2/h3,8H,1,4-7H2,2H3/t8-/m0/s1. The highest BCUT2D eigenvalue weighted by Crippen LogP contribution is 2.04. The van der Waals surface area contributed by atoms with Gasteiger partial charge in [-0.1, -0.05) is 6.08 Å². The maximum atomic E-state index is 12.6. The molecule has 0 unspecified atom stereocenters. The first-order valence-corrected chi connectivity index (χ1v) is 3.55. The van der Waals surface area contributed by atoms with Crippen LogP contribution in [-0.4, -0.2) is 19.9 Å². The molecule has 10 heavy (non-hydrogen) atoms. The molecule has 0 aromatic heterocycles. The summed E-state index contributed by atoms with van der Waals surface area (Å²) >= 11 is 0. The van der Waals surface area contributed by atoms with Crippen LogP contribution in [-0.2, 0) is 4.74 Å². The SMILES string of the molecule is C=CCCC[C@H](F)COC. The van der Waals surface area contributed by atoms with E-state index in [1.807, 2.05) is 0 Å². The van der Waals surface area contributed by atoms with Gasteiger partial charge >= 0.3 is 0 Å². The Morgan fingerprint density at radius 2 is 2.40 bits per heavy atom. The second-order valence-electron chi connectivity index (χ2n) is 2.27. The van der Waals surface area contributed by atoms with Crippen molar-refractivity contribution >= 4 is 0 Å². The number of ether oxygens (including phenoxy) is 1. The van der Waals surface area contributed by atoms with Gasteiger partial charge in [-0.15, -0.1) is 6.58 Å². The van der Waals surface area contributed by atoms with Crippen LogP contribution in [0.5, 0.6) is 0 Å². The fraction of sp³-hybridized carbons (Fsp3) is 0.750. The van der Waals surface area contributed by atoms with Crippen LogP contribution >= 0.6 is 0 Å². The molecule has 0 aliphatic rings. The molecule has 0 aromatic carbocycles. The molecule has 1 nitrogen and oxygen atoms in total. The molecule has 0 saturated carbocycles. The molecule has 0 aromatic rings. The Balaban J connectivity index is 3.04. The number of hydrogen-bond donors (Lipinski definition) is 0. The highest BCUT2D eigenvalue weighted by Gasteiger charge is 2.03. The van der Waals surface area contributed by atoms with E-state index in [0.717, 1.165) is 12.8 Å². The van der Waals surface area contributed by atoms with Crippen molar-refractivity contribution in [3.8, 4) is 0 Å². The maximum absolute atomic E-state index is 12.6. The highest BCUT2D eigenvalue weighted by atomic mass is 19.1. The zero-order valence-corrected chi connectivity index (χ0v) is 6.48. The van der Waals surface area contributed by atoms with Crippen LogP contribution in [0.3, 0.4) is 0 Å². The van der Waals surface area contributed by atoms with Crippen LogP contribution in [0.4, 0.5) is 4.39 Å². The molecule has 0 aliphatic carbocycles. The zero-order chi connectivity index (χ0) is 7.82. The number of allylic oxidation sites excluding steroid dienone is 1. The van der Waals surface area contributed by atoms with Crippen molar-refractivity contribution in [3.63, 3.8) is 0 Å². The normalized spacial score (nSPS) is 13.0. The van der Waals surface area contributed by atoms with Crippen LogP contribution in [0.25, 0.3) is 0 Å². The summed E-state index contributed by atoms with van der Waals surface area (Å²) in [6.45, 7) is 3.77. The smallest absolute Gasteiger partial charge is 0.123 e. The predicted molar refractivity (Wildman–Crippen MR) is 40.8 cm³/mol. The Hall–Kier alpha value is -0.370. The van der Waals surface area contributed by atoms with E-state index in [9.17, 15) is 4.39 Å². The number of methoxy groups -OCH3 is 1. The van der Waals surface area contributed by atoms with Crippen molar-refractivity contribution in [1.82, 2.24) is 0 Å². The summed E-state index contributed by atoms with van der Waals surface area (Å²) in [7, 11) is 1.51. The van der Waals surface area contributed by atoms with Gasteiger partial charge in [0, 0.05) is 7.11 Å². The Morgan fingerprint density at radius 3 is 2.90 bits per heavy atom. The molecule has 2 heteroatoms. The van der Waals surface area contributed by atoms with E-state index in [4.69, 9.17) is 0 Å². The van der Waals surface area contributed by atoms with Gasteiger partial charge in [-0.3, -0.25) is 0 Å². The second-order valence-corrected chi connectivity index (χ2v) is 2.27. The average Bonchev–Trinajstić information content (AvgIpc) is 1.89. The molecule has 0 saturated heterocycles. The molecule has 0 heterocycles. The molecular weight excluding hydrogens is 131 g/mol. The molecule has 0 bridgehead atoms. The Morgan fingerprint density at radius 1 is 1.70 bits per heavy atom. The minimum absolute atomic E-state index is 0.219. The summed E-state index contributed by atoms with van der Waals surface area (Å²) in [5.41, 5.74) is 0. The van der Waals surface area contributed by atoms with E-state index in [0.29, 0.717) is 6.42 Å². The van der Waals surface area contributed by atoms with E-state index < -0.39 is 6.17 Å². The van der Waals surface area contributed by atoms with Gasteiger partial charge in [0.25, 0.3) is 0 Å². The lowest BCUT2D eigenvalue weighted by Crippen LogP contribution is -2.07. The average molecular weight is 146 g/mol. The molecule has 60 valence electrons. The first-order chi connectivity index (χ1) is 4.81. The lowest BCUT2D eigenvalue weighted by molar-refractivity contribution is 0.118. The van der Waals surface area contributed by atoms with E-state index in [2.05, 4.69) is 11.3 Å². The first kappa shape index (κ1) is 9.63. The molecule has 0 rings (SSSR count). The fourth-order valence-corrected chi connectivity index (χ4v) is 0.748. The van der Waals surface area contributed by atoms with E-state index in [1.165, 1.54) is 7.11 Å². The summed E-state index contributed by atoms with van der Waals surface area (Å²) in [5, 5.41) is 0. The zero-order valence-electron chi connectivity index (χ0n) is 6.48. The maximum Gasteiger partial charge on any atom is 0.123 e. The Kier molecular flexibility index (Phi) is 6.50. The molecule has 0 fully saturated rings. The lowest BCUT2D eigenvalue weighted by Gasteiger charge is -2.04. The molecule has 1 atom stereocenters. The van der Waals surface area contributed by atoms with Crippen LogP contribution in [0, 0.1) is 0 Å². The molecule has 0 radical (unpaired) electrons. The molecule has 0 N–H and O–H groups in total. The van der Waals surface area contributed by atoms with Crippen LogP contribution in [0.15, 0.2) is 12.7 Å². The Bertz CT molecular complexity index is 83.3. The second kappa shape index (κ2) is 6.75. The third-order valence-electron chi connectivity index (χ3n) is 1.27. The number of hydrogen-bond acceptors (Lipinski definition) is 1. The summed E-state index contributed by atoms with van der Waals surface area (Å²) in [4.78, 5) is 0. The van der Waals surface area contributed by atoms with Crippen LogP contribution < -0.4 is 0 Å². The third-order valence-corrected chi connectivity index (χ3v) is 1.27. The van der Waals surface area contributed by atoms with E-state index >= 15 is 0 Å². The fourth-order valence-electron chi connectivity index (χ4n) is 0.748. The highest BCUT2D eigenvalue weighted by molar-refractivity contribution is 4.67. The number of unbranched alkanes of at least 4 members (excludes halogenated alkanes) is 1. The Labute approximate surface area is 61.9 Å².